The Labute approximate surface area is 154 Å². The van der Waals surface area contributed by atoms with E-state index in [9.17, 15) is 4.79 Å². The molecule has 1 aromatic carbocycles. The van der Waals surface area contributed by atoms with Gasteiger partial charge in [-0.05, 0) is 68.8 Å². The maximum atomic E-state index is 11.2. The van der Waals surface area contributed by atoms with Gasteiger partial charge >= 0.3 is 0 Å². The predicted molar refractivity (Wildman–Crippen MR) is 95.4 cm³/mol. The Morgan fingerprint density at radius 2 is 2.17 bits per heavy atom. The quantitative estimate of drug-likeness (QED) is 0.539. The lowest BCUT2D eigenvalue weighted by atomic mass is 10.2. The molecule has 2 heterocycles. The Bertz CT molecular complexity index is 937. The van der Waals surface area contributed by atoms with Gasteiger partial charge in [0.05, 0.1) is 15.6 Å². The van der Waals surface area contributed by atoms with E-state index in [1.54, 1.807) is 12.3 Å². The highest BCUT2D eigenvalue weighted by molar-refractivity contribution is 9.11. The number of ether oxygens (including phenoxy) is 1. The molecule has 0 spiro atoms. The molecule has 0 aliphatic heterocycles. The number of benzene rings is 1. The van der Waals surface area contributed by atoms with Crippen molar-refractivity contribution in [2.45, 2.75) is 19.4 Å². The number of nitrogens with zero attached hydrogens (tertiary/aromatic N) is 4. The first-order chi connectivity index (χ1) is 11.7. The molecule has 0 bridgehead atoms. The monoisotopic (exact) mass is 450 g/mol. The van der Waals surface area contributed by atoms with Gasteiger partial charge in [-0.15, -0.1) is 5.10 Å². The highest BCUT2D eigenvalue weighted by atomic mass is 79.9. The normalized spacial score (nSPS) is 14.1. The number of carbonyl (C=O) groups is 1. The maximum absolute atomic E-state index is 11.2. The summed E-state index contributed by atoms with van der Waals surface area (Å²) in [7, 11) is 0. The first-order valence-corrected chi connectivity index (χ1v) is 9.04. The Morgan fingerprint density at radius 3 is 2.92 bits per heavy atom. The second-order valence-electron chi connectivity index (χ2n) is 5.73. The average molecular weight is 452 g/mol. The van der Waals surface area contributed by atoms with E-state index in [1.807, 2.05) is 16.8 Å². The van der Waals surface area contributed by atoms with Crippen molar-refractivity contribution in [3.63, 3.8) is 0 Å². The fourth-order valence-corrected chi connectivity index (χ4v) is 3.31. The van der Waals surface area contributed by atoms with Crippen molar-refractivity contribution in [2.75, 3.05) is 0 Å². The lowest BCUT2D eigenvalue weighted by molar-refractivity contribution is 0.112. The van der Waals surface area contributed by atoms with Crippen LogP contribution in [0, 0.1) is 5.92 Å². The van der Waals surface area contributed by atoms with Crippen LogP contribution in [-0.4, -0.2) is 26.3 Å². The van der Waals surface area contributed by atoms with E-state index >= 15 is 0 Å². The molecule has 0 N–H and O–H groups in total. The molecule has 4 rings (SSSR count). The third kappa shape index (κ3) is 2.95. The number of aldehydes is 1. The first kappa shape index (κ1) is 15.7. The molecule has 0 radical (unpaired) electrons. The van der Waals surface area contributed by atoms with Crippen molar-refractivity contribution in [3.8, 4) is 11.6 Å². The van der Waals surface area contributed by atoms with Gasteiger partial charge in [0.25, 0.3) is 0 Å². The molecule has 1 aliphatic rings. The molecule has 1 fully saturated rings. The Balaban J connectivity index is 1.70. The van der Waals surface area contributed by atoms with Crippen LogP contribution in [0.5, 0.6) is 11.6 Å². The number of hydrogen-bond acceptors (Lipinski definition) is 5. The lowest BCUT2D eigenvalue weighted by Gasteiger charge is -2.09. The number of pyridine rings is 1. The van der Waals surface area contributed by atoms with Crippen LogP contribution < -0.4 is 4.74 Å². The van der Waals surface area contributed by atoms with Crippen LogP contribution in [0.4, 0.5) is 0 Å². The summed E-state index contributed by atoms with van der Waals surface area (Å²) >= 11 is 6.82. The summed E-state index contributed by atoms with van der Waals surface area (Å²) in [5.74, 6) is 1.50. The SMILES string of the molecule is O=Cc1cc(Br)cnc1Oc1ccc2c(nnn2CC2CC2)c1Br. The molecule has 8 heteroatoms. The number of rotatable bonds is 5. The molecule has 1 aliphatic carbocycles. The lowest BCUT2D eigenvalue weighted by Crippen LogP contribution is -2.01. The molecule has 24 heavy (non-hydrogen) atoms. The van der Waals surface area contributed by atoms with Crippen molar-refractivity contribution in [2.24, 2.45) is 5.92 Å². The number of aromatic nitrogens is 4. The molecule has 122 valence electrons. The van der Waals surface area contributed by atoms with Gasteiger partial charge in [-0.25, -0.2) is 9.67 Å². The van der Waals surface area contributed by atoms with Crippen molar-refractivity contribution >= 4 is 49.2 Å². The van der Waals surface area contributed by atoms with E-state index in [1.165, 1.54) is 12.8 Å². The maximum Gasteiger partial charge on any atom is 0.229 e. The topological polar surface area (TPSA) is 69.9 Å². The molecule has 1 saturated carbocycles. The van der Waals surface area contributed by atoms with Crippen LogP contribution >= 0.6 is 31.9 Å². The van der Waals surface area contributed by atoms with Crippen molar-refractivity contribution in [1.29, 1.82) is 0 Å². The van der Waals surface area contributed by atoms with Crippen LogP contribution in [-0.2, 0) is 6.54 Å². The third-order valence-corrected chi connectivity index (χ3v) is 5.10. The predicted octanol–water partition coefficient (Wildman–Crippen LogP) is 4.37. The number of hydrogen-bond donors (Lipinski definition) is 0. The molecule has 0 atom stereocenters. The summed E-state index contributed by atoms with van der Waals surface area (Å²) in [6, 6.07) is 5.42. The van der Waals surface area contributed by atoms with Crippen LogP contribution in [0.15, 0.2) is 33.3 Å². The second kappa shape index (κ2) is 6.25. The molecular formula is C16H12Br2N4O2. The van der Waals surface area contributed by atoms with Gasteiger partial charge in [-0.1, -0.05) is 5.21 Å². The Morgan fingerprint density at radius 1 is 1.33 bits per heavy atom. The Hall–Kier alpha value is -1.80. The number of fused-ring (bicyclic) bond motifs is 1. The molecule has 0 unspecified atom stereocenters. The van der Waals surface area contributed by atoms with Gasteiger partial charge in [0.2, 0.25) is 5.88 Å². The zero-order chi connectivity index (χ0) is 16.7. The van der Waals surface area contributed by atoms with E-state index in [0.717, 1.165) is 22.1 Å². The summed E-state index contributed by atoms with van der Waals surface area (Å²) in [5.41, 5.74) is 2.06. The summed E-state index contributed by atoms with van der Waals surface area (Å²) in [4.78, 5) is 15.4. The molecule has 6 nitrogen and oxygen atoms in total. The highest BCUT2D eigenvalue weighted by Crippen LogP contribution is 2.36. The van der Waals surface area contributed by atoms with Crippen molar-refractivity contribution in [3.05, 3.63) is 38.9 Å². The summed E-state index contributed by atoms with van der Waals surface area (Å²) < 4.78 is 9.15. The third-order valence-electron chi connectivity index (χ3n) is 3.90. The van der Waals surface area contributed by atoms with Crippen LogP contribution in [0.3, 0.4) is 0 Å². The molecule has 0 saturated heterocycles. The van der Waals surface area contributed by atoms with Crippen molar-refractivity contribution < 1.29 is 9.53 Å². The molecule has 0 amide bonds. The largest absolute Gasteiger partial charge is 0.437 e. The minimum atomic E-state index is 0.249. The Kier molecular flexibility index (Phi) is 4.09. The standard InChI is InChI=1S/C16H12Br2N4O2/c17-11-5-10(8-23)16(19-6-11)24-13-4-3-12-15(14(13)18)20-21-22(12)7-9-1-2-9/h3-6,8-9H,1-2,7H2. The minimum absolute atomic E-state index is 0.249. The smallest absolute Gasteiger partial charge is 0.229 e. The van der Waals surface area contributed by atoms with Gasteiger partial charge in [-0.3, -0.25) is 4.79 Å². The second-order valence-corrected chi connectivity index (χ2v) is 7.44. The minimum Gasteiger partial charge on any atom is -0.437 e. The van der Waals surface area contributed by atoms with Gasteiger partial charge in [-0.2, -0.15) is 0 Å². The van der Waals surface area contributed by atoms with Crippen molar-refractivity contribution in [1.82, 2.24) is 20.0 Å². The van der Waals surface area contributed by atoms with Crippen LogP contribution in [0.1, 0.15) is 23.2 Å². The van der Waals surface area contributed by atoms with Gasteiger partial charge < -0.3 is 4.74 Å². The van der Waals surface area contributed by atoms with E-state index in [-0.39, 0.29) is 5.88 Å². The summed E-state index contributed by atoms with van der Waals surface area (Å²) in [5, 5.41) is 8.48. The summed E-state index contributed by atoms with van der Waals surface area (Å²) in [6.45, 7) is 0.896. The van der Waals surface area contributed by atoms with Gasteiger partial charge in [0.1, 0.15) is 11.3 Å². The van der Waals surface area contributed by atoms with E-state index in [2.05, 4.69) is 47.2 Å². The molecule has 3 aromatic rings. The summed E-state index contributed by atoms with van der Waals surface area (Å²) in [6.07, 6.45) is 4.81. The van der Waals surface area contributed by atoms with Crippen LogP contribution in [0.2, 0.25) is 0 Å². The van der Waals surface area contributed by atoms with E-state index in [4.69, 9.17) is 4.74 Å². The number of carbonyl (C=O) groups excluding carboxylic acids is 1. The van der Waals surface area contributed by atoms with E-state index < -0.39 is 0 Å². The fourth-order valence-electron chi connectivity index (χ4n) is 2.46. The van der Waals surface area contributed by atoms with Gasteiger partial charge in [0, 0.05) is 17.2 Å². The molecular weight excluding hydrogens is 440 g/mol. The number of halogens is 2. The van der Waals surface area contributed by atoms with Crippen LogP contribution in [0.25, 0.3) is 11.0 Å². The average Bonchev–Trinajstić information content (AvgIpc) is 3.30. The highest BCUT2D eigenvalue weighted by Gasteiger charge is 2.24. The zero-order valence-electron chi connectivity index (χ0n) is 12.4. The van der Waals surface area contributed by atoms with Gasteiger partial charge in [0.15, 0.2) is 6.29 Å². The fraction of sp³-hybridized carbons (Fsp3) is 0.250. The van der Waals surface area contributed by atoms with E-state index in [0.29, 0.717) is 28.0 Å². The molecule has 2 aromatic heterocycles. The zero-order valence-corrected chi connectivity index (χ0v) is 15.6. The first-order valence-electron chi connectivity index (χ1n) is 7.46.